The Morgan fingerprint density at radius 1 is 0.484 bits per heavy atom. The van der Waals surface area contributed by atoms with Crippen LogP contribution in [0.4, 0.5) is 0 Å². The van der Waals surface area contributed by atoms with Crippen molar-refractivity contribution in [1.82, 2.24) is 0 Å². The van der Waals surface area contributed by atoms with Crippen molar-refractivity contribution in [2.45, 2.75) is 6.10 Å². The van der Waals surface area contributed by atoms with Crippen LogP contribution >= 0.6 is 0 Å². The quantitative estimate of drug-likeness (QED) is 0.0828. The summed E-state index contributed by atoms with van der Waals surface area (Å²) in [6.07, 6.45) is -0.614. The minimum Gasteiger partial charge on any atom is -0.394 e. The molecule has 173 valence electrons. The van der Waals surface area contributed by atoms with E-state index in [1.165, 1.54) is 0 Å². The molecule has 0 spiro atoms. The van der Waals surface area contributed by atoms with Crippen LogP contribution < -0.4 is 0 Å². The summed E-state index contributed by atoms with van der Waals surface area (Å²) in [6, 6.07) is 0. The first-order chi connectivity index (χ1) is 12.7. The Morgan fingerprint density at radius 3 is 1.13 bits per heavy atom. The summed E-state index contributed by atoms with van der Waals surface area (Å²) in [5, 5.41) is 44.9. The van der Waals surface area contributed by atoms with Crippen LogP contribution in [0.5, 0.6) is 0 Å². The Morgan fingerprint density at radius 2 is 0.806 bits per heavy atom. The van der Waals surface area contributed by atoms with Gasteiger partial charge in [-0.05, 0) is 0 Å². The molecule has 10 nitrogen and oxygen atoms in total. The van der Waals surface area contributed by atoms with Crippen LogP contribution in [0.1, 0.15) is 0 Å². The first-order valence-electron chi connectivity index (χ1n) is 8.67. The van der Waals surface area contributed by atoms with Crippen LogP contribution in [0.15, 0.2) is 0 Å². The maximum absolute atomic E-state index is 9.10. The van der Waals surface area contributed by atoms with Gasteiger partial charge in [-0.25, -0.2) is 0 Å². The molecular formula is C16H34O10Y5. The third-order valence-corrected chi connectivity index (χ3v) is 3.47. The second-order valence-electron chi connectivity index (χ2n) is 5.57. The van der Waals surface area contributed by atoms with Crippen molar-refractivity contribution >= 4 is 0 Å². The fourth-order valence-electron chi connectivity index (χ4n) is 2.28. The summed E-state index contributed by atoms with van der Waals surface area (Å²) in [7, 11) is 0. The smallest absolute Gasteiger partial charge is 0.0932 e. The molecule has 31 heavy (non-hydrogen) atoms. The van der Waals surface area contributed by atoms with Crippen LogP contribution in [-0.2, 0) is 187 Å². The number of hydrogen-bond donors (Lipinski definition) is 5. The summed E-state index contributed by atoms with van der Waals surface area (Å²) >= 11 is 0. The van der Waals surface area contributed by atoms with Crippen molar-refractivity contribution in [3.63, 3.8) is 0 Å². The molecule has 1 atom stereocenters. The van der Waals surface area contributed by atoms with Crippen LogP contribution in [0.2, 0.25) is 0 Å². The molecule has 0 aromatic rings. The molecule has 5 N–H and O–H groups in total. The van der Waals surface area contributed by atoms with Gasteiger partial charge in [0, 0.05) is 164 Å². The summed E-state index contributed by atoms with van der Waals surface area (Å²) in [6.45, 7) is 0.0436. The number of hydrogen-bond acceptors (Lipinski definition) is 10. The third kappa shape index (κ3) is 26.5. The van der Waals surface area contributed by atoms with E-state index < -0.39 is 11.5 Å². The van der Waals surface area contributed by atoms with Gasteiger partial charge in [0.25, 0.3) is 0 Å². The molecule has 0 aliphatic carbocycles. The summed E-state index contributed by atoms with van der Waals surface area (Å²) in [5.41, 5.74) is -0.871. The van der Waals surface area contributed by atoms with E-state index in [9.17, 15) is 0 Å². The van der Waals surface area contributed by atoms with Crippen molar-refractivity contribution in [3.8, 4) is 0 Å². The standard InChI is InChI=1S/C16H34O10.5Y/c17-1-6-22-11-15(26-10-5-21)16(12-23-7-2-18,13-24-8-3-19)14-25-9-4-20;;;;;/h15,17-21H,1-14H2;;;;;. The van der Waals surface area contributed by atoms with Crippen LogP contribution in [0.3, 0.4) is 0 Å². The molecule has 0 saturated heterocycles. The number of rotatable bonds is 20. The van der Waals surface area contributed by atoms with Gasteiger partial charge in [-0.15, -0.1) is 0 Å². The zero-order valence-electron chi connectivity index (χ0n) is 18.1. The van der Waals surface area contributed by atoms with Gasteiger partial charge in [0.2, 0.25) is 0 Å². The van der Waals surface area contributed by atoms with Crippen LogP contribution in [0.25, 0.3) is 0 Å². The second kappa shape index (κ2) is 37.3. The molecule has 0 bridgehead atoms. The molecule has 0 saturated carbocycles. The maximum Gasteiger partial charge on any atom is 0.0932 e. The third-order valence-electron chi connectivity index (χ3n) is 3.47. The van der Waals surface area contributed by atoms with Gasteiger partial charge in [0.15, 0.2) is 0 Å². The predicted octanol–water partition coefficient (Wildman–Crippen LogP) is -2.63. The Kier molecular flexibility index (Phi) is 59.0. The zero-order chi connectivity index (χ0) is 19.5. The SMILES string of the molecule is OCCOCC(OCCO)C(COCCO)(COCCO)COCCO.[Y].[Y].[Y].[Y].[Y]. The van der Waals surface area contributed by atoms with E-state index in [4.69, 9.17) is 49.2 Å². The normalized spacial score (nSPS) is 11.1. The molecule has 0 heterocycles. The molecule has 0 aromatic heterocycles. The molecule has 1 unspecified atom stereocenters. The Bertz CT molecular complexity index is 285. The molecule has 0 amide bonds. The molecule has 0 rings (SSSR count). The van der Waals surface area contributed by atoms with Gasteiger partial charge in [-0.1, -0.05) is 0 Å². The van der Waals surface area contributed by atoms with Gasteiger partial charge < -0.3 is 49.2 Å². The first-order valence-corrected chi connectivity index (χ1v) is 8.67. The Labute approximate surface area is 311 Å². The minimum absolute atomic E-state index is 0. The number of aliphatic hydroxyl groups is 5. The summed E-state index contributed by atoms with van der Waals surface area (Å²) in [5.74, 6) is 0. The van der Waals surface area contributed by atoms with E-state index in [-0.39, 0.29) is 256 Å². The monoisotopic (exact) mass is 831 g/mol. The van der Waals surface area contributed by atoms with Crippen molar-refractivity contribution in [3.05, 3.63) is 0 Å². The molecule has 0 fully saturated rings. The van der Waals surface area contributed by atoms with Gasteiger partial charge in [0.05, 0.1) is 104 Å². The predicted molar refractivity (Wildman–Crippen MR) is 90.9 cm³/mol. The minimum atomic E-state index is -0.871. The first kappa shape index (κ1) is 49.1. The van der Waals surface area contributed by atoms with E-state index in [0.717, 1.165) is 0 Å². The molecule has 15 heteroatoms. The molecule has 5 radical (unpaired) electrons. The van der Waals surface area contributed by atoms with Crippen LogP contribution in [0, 0.1) is 5.41 Å². The van der Waals surface area contributed by atoms with E-state index in [1.54, 1.807) is 0 Å². The summed E-state index contributed by atoms with van der Waals surface area (Å²) < 4.78 is 27.6. The van der Waals surface area contributed by atoms with E-state index >= 15 is 0 Å². The number of ether oxygens (including phenoxy) is 5. The van der Waals surface area contributed by atoms with Gasteiger partial charge >= 0.3 is 0 Å². The second-order valence-corrected chi connectivity index (χ2v) is 5.57. The van der Waals surface area contributed by atoms with E-state index in [0.29, 0.717) is 0 Å². The summed E-state index contributed by atoms with van der Waals surface area (Å²) in [4.78, 5) is 0. The van der Waals surface area contributed by atoms with E-state index in [1.807, 2.05) is 0 Å². The largest absolute Gasteiger partial charge is 0.394 e. The topological polar surface area (TPSA) is 147 Å². The van der Waals surface area contributed by atoms with E-state index in [2.05, 4.69) is 0 Å². The molecule has 0 aromatic carbocycles. The van der Waals surface area contributed by atoms with Crippen LogP contribution in [-0.4, -0.2) is 124 Å². The van der Waals surface area contributed by atoms with Crippen molar-refractivity contribution < 1.29 is 213 Å². The maximum atomic E-state index is 9.10. The Hall–Kier alpha value is 5.12. The number of aliphatic hydroxyl groups excluding tert-OH is 5. The fraction of sp³-hybridized carbons (Fsp3) is 1.00. The van der Waals surface area contributed by atoms with Gasteiger partial charge in [-0.3, -0.25) is 0 Å². The van der Waals surface area contributed by atoms with Crippen molar-refractivity contribution in [2.24, 2.45) is 5.41 Å². The van der Waals surface area contributed by atoms with Crippen molar-refractivity contribution in [1.29, 1.82) is 0 Å². The average molecular weight is 831 g/mol. The van der Waals surface area contributed by atoms with Crippen molar-refractivity contribution in [2.75, 3.05) is 92.5 Å². The Balaban J connectivity index is -0.000000312. The zero-order valence-corrected chi connectivity index (χ0v) is 32.3. The molecule has 0 aliphatic heterocycles. The van der Waals surface area contributed by atoms with Gasteiger partial charge in [0.1, 0.15) is 0 Å². The average Bonchev–Trinajstić information content (AvgIpc) is 2.65. The molecule has 0 aliphatic rings. The fourth-order valence-corrected chi connectivity index (χ4v) is 2.28. The molecular weight excluding hydrogens is 797 g/mol. The van der Waals surface area contributed by atoms with Gasteiger partial charge in [-0.2, -0.15) is 0 Å².